The highest BCUT2D eigenvalue weighted by Crippen LogP contribution is 2.28. The van der Waals surface area contributed by atoms with Gasteiger partial charge in [0.2, 0.25) is 0 Å². The number of esters is 1. The number of benzene rings is 2. The van der Waals surface area contributed by atoms with Gasteiger partial charge >= 0.3 is 12.3 Å². The van der Waals surface area contributed by atoms with Gasteiger partial charge in [-0.25, -0.2) is 4.79 Å². The summed E-state index contributed by atoms with van der Waals surface area (Å²) >= 11 is 0. The minimum Gasteiger partial charge on any atom is -0.452 e. The van der Waals surface area contributed by atoms with Crippen LogP contribution < -0.4 is 10.1 Å². The Labute approximate surface area is 162 Å². The van der Waals surface area contributed by atoms with Gasteiger partial charge in [-0.05, 0) is 55.3 Å². The van der Waals surface area contributed by atoms with E-state index in [4.69, 9.17) is 4.74 Å². The SMILES string of the molecule is Cc1cc(NC(=O)COC(=O)c2ccc(OC(F)(F)F)cc2)c([N+](=O)[O-])cc1C. The molecule has 2 aromatic rings. The number of ether oxygens (including phenoxy) is 2. The first kappa shape index (κ1) is 21.7. The van der Waals surface area contributed by atoms with Crippen LogP contribution in [0.4, 0.5) is 24.5 Å². The summed E-state index contributed by atoms with van der Waals surface area (Å²) in [5.74, 6) is -2.30. The van der Waals surface area contributed by atoms with E-state index in [1.54, 1.807) is 13.8 Å². The number of nitro benzene ring substituents is 1. The number of aryl methyl sites for hydroxylation is 2. The van der Waals surface area contributed by atoms with E-state index in [9.17, 15) is 32.9 Å². The van der Waals surface area contributed by atoms with Crippen LogP contribution in [-0.4, -0.2) is 29.8 Å². The number of nitrogens with one attached hydrogen (secondary N) is 1. The molecular formula is C18H15F3N2O6. The van der Waals surface area contributed by atoms with Crippen molar-refractivity contribution in [3.8, 4) is 5.75 Å². The van der Waals surface area contributed by atoms with E-state index >= 15 is 0 Å². The quantitative estimate of drug-likeness (QED) is 0.438. The van der Waals surface area contributed by atoms with Crippen LogP contribution in [0.15, 0.2) is 36.4 Å². The molecule has 154 valence electrons. The van der Waals surface area contributed by atoms with E-state index in [1.165, 1.54) is 12.1 Å². The number of amides is 1. The normalized spacial score (nSPS) is 10.9. The molecule has 2 aromatic carbocycles. The Balaban J connectivity index is 1.98. The number of halogens is 3. The van der Waals surface area contributed by atoms with Gasteiger partial charge in [0.25, 0.3) is 11.6 Å². The summed E-state index contributed by atoms with van der Waals surface area (Å²) in [5, 5.41) is 13.4. The molecule has 0 aromatic heterocycles. The minimum absolute atomic E-state index is 0.0483. The number of carbonyl (C=O) groups is 2. The zero-order valence-corrected chi connectivity index (χ0v) is 15.2. The Hall–Kier alpha value is -3.63. The number of nitrogens with zero attached hydrogens (tertiary/aromatic N) is 1. The second-order valence-corrected chi connectivity index (χ2v) is 5.91. The molecule has 0 unspecified atom stereocenters. The lowest BCUT2D eigenvalue weighted by Gasteiger charge is -2.10. The molecule has 0 spiro atoms. The molecular weight excluding hydrogens is 397 g/mol. The third kappa shape index (κ3) is 6.19. The fraction of sp³-hybridized carbons (Fsp3) is 0.222. The molecule has 0 fully saturated rings. The summed E-state index contributed by atoms with van der Waals surface area (Å²) in [6.07, 6.45) is -4.86. The Bertz CT molecular complexity index is 942. The largest absolute Gasteiger partial charge is 0.573 e. The molecule has 0 aliphatic heterocycles. The topological polar surface area (TPSA) is 108 Å². The zero-order chi connectivity index (χ0) is 21.8. The molecule has 0 saturated heterocycles. The van der Waals surface area contributed by atoms with E-state index < -0.39 is 35.5 Å². The standard InChI is InChI=1S/C18H15F3N2O6/c1-10-7-14(15(23(26)27)8-11(10)2)22-16(24)9-28-17(25)12-3-5-13(6-4-12)29-18(19,20)21/h3-8H,9H2,1-2H3,(H,22,24). The van der Waals surface area contributed by atoms with Crippen molar-refractivity contribution in [2.45, 2.75) is 20.2 Å². The summed E-state index contributed by atoms with van der Waals surface area (Å²) in [7, 11) is 0. The Morgan fingerprint density at radius 2 is 1.69 bits per heavy atom. The fourth-order valence-electron chi connectivity index (χ4n) is 2.25. The van der Waals surface area contributed by atoms with Crippen molar-refractivity contribution in [2.75, 3.05) is 11.9 Å². The number of rotatable bonds is 6. The predicted octanol–water partition coefficient (Wildman–Crippen LogP) is 3.91. The van der Waals surface area contributed by atoms with Crippen molar-refractivity contribution in [1.29, 1.82) is 0 Å². The van der Waals surface area contributed by atoms with Crippen LogP contribution in [0, 0.1) is 24.0 Å². The smallest absolute Gasteiger partial charge is 0.452 e. The molecule has 0 saturated carbocycles. The predicted molar refractivity (Wildman–Crippen MR) is 94.6 cm³/mol. The van der Waals surface area contributed by atoms with Crippen LogP contribution in [0.5, 0.6) is 5.75 Å². The lowest BCUT2D eigenvalue weighted by atomic mass is 10.1. The fourth-order valence-corrected chi connectivity index (χ4v) is 2.25. The summed E-state index contributed by atoms with van der Waals surface area (Å²) in [6, 6.07) is 6.64. The van der Waals surface area contributed by atoms with Gasteiger partial charge in [0.05, 0.1) is 10.5 Å². The van der Waals surface area contributed by atoms with Gasteiger partial charge in [-0.1, -0.05) is 0 Å². The number of anilines is 1. The van der Waals surface area contributed by atoms with E-state index in [1.807, 2.05) is 0 Å². The summed E-state index contributed by atoms with van der Waals surface area (Å²) < 4.78 is 44.8. The van der Waals surface area contributed by atoms with Gasteiger partial charge < -0.3 is 14.8 Å². The molecule has 0 atom stereocenters. The highest BCUT2D eigenvalue weighted by atomic mass is 19.4. The van der Waals surface area contributed by atoms with Crippen molar-refractivity contribution >= 4 is 23.3 Å². The van der Waals surface area contributed by atoms with Gasteiger partial charge in [-0.15, -0.1) is 13.2 Å². The van der Waals surface area contributed by atoms with E-state index in [0.29, 0.717) is 11.1 Å². The van der Waals surface area contributed by atoms with Crippen LogP contribution in [-0.2, 0) is 9.53 Å². The molecule has 11 heteroatoms. The van der Waals surface area contributed by atoms with Crippen molar-refractivity contribution in [3.63, 3.8) is 0 Å². The number of nitro groups is 1. The van der Waals surface area contributed by atoms with Crippen LogP contribution in [0.3, 0.4) is 0 Å². The first-order chi connectivity index (χ1) is 13.5. The van der Waals surface area contributed by atoms with E-state index in [2.05, 4.69) is 10.1 Å². The molecule has 0 radical (unpaired) electrons. The number of carbonyl (C=O) groups excluding carboxylic acids is 2. The summed E-state index contributed by atoms with van der Waals surface area (Å²) in [5.41, 5.74) is 0.911. The second kappa shape index (κ2) is 8.59. The number of hydrogen-bond acceptors (Lipinski definition) is 6. The van der Waals surface area contributed by atoms with Gasteiger partial charge in [-0.2, -0.15) is 0 Å². The van der Waals surface area contributed by atoms with Gasteiger partial charge in [0, 0.05) is 6.07 Å². The lowest BCUT2D eigenvalue weighted by Crippen LogP contribution is -2.21. The second-order valence-electron chi connectivity index (χ2n) is 5.91. The van der Waals surface area contributed by atoms with Crippen LogP contribution in [0.2, 0.25) is 0 Å². The summed E-state index contributed by atoms with van der Waals surface area (Å²) in [4.78, 5) is 34.3. The molecule has 8 nitrogen and oxygen atoms in total. The Kier molecular flexibility index (Phi) is 6.42. The van der Waals surface area contributed by atoms with Gasteiger partial charge in [0.15, 0.2) is 6.61 Å². The average Bonchev–Trinajstić information content (AvgIpc) is 2.61. The van der Waals surface area contributed by atoms with Crippen molar-refractivity contribution < 1.29 is 37.2 Å². The monoisotopic (exact) mass is 412 g/mol. The van der Waals surface area contributed by atoms with E-state index in [-0.39, 0.29) is 16.9 Å². The highest BCUT2D eigenvalue weighted by Gasteiger charge is 2.31. The molecule has 2 rings (SSSR count). The molecule has 1 N–H and O–H groups in total. The van der Waals surface area contributed by atoms with Gasteiger partial charge in [-0.3, -0.25) is 14.9 Å². The van der Waals surface area contributed by atoms with Crippen molar-refractivity contribution in [1.82, 2.24) is 0 Å². The minimum atomic E-state index is -4.86. The van der Waals surface area contributed by atoms with E-state index in [0.717, 1.165) is 24.3 Å². The Morgan fingerprint density at radius 1 is 1.10 bits per heavy atom. The maximum Gasteiger partial charge on any atom is 0.573 e. The molecule has 0 heterocycles. The summed E-state index contributed by atoms with van der Waals surface area (Å²) in [6.45, 7) is 2.64. The lowest BCUT2D eigenvalue weighted by molar-refractivity contribution is -0.384. The third-order valence-electron chi connectivity index (χ3n) is 3.74. The van der Waals surface area contributed by atoms with Crippen LogP contribution in [0.1, 0.15) is 21.5 Å². The first-order valence-corrected chi connectivity index (χ1v) is 8.04. The molecule has 0 aliphatic rings. The number of alkyl halides is 3. The number of hydrogen-bond donors (Lipinski definition) is 1. The zero-order valence-electron chi connectivity index (χ0n) is 15.2. The van der Waals surface area contributed by atoms with Crippen LogP contribution in [0.25, 0.3) is 0 Å². The Morgan fingerprint density at radius 3 is 2.24 bits per heavy atom. The molecule has 29 heavy (non-hydrogen) atoms. The van der Waals surface area contributed by atoms with Crippen LogP contribution >= 0.6 is 0 Å². The van der Waals surface area contributed by atoms with Crippen molar-refractivity contribution in [3.05, 3.63) is 63.2 Å². The molecule has 0 bridgehead atoms. The van der Waals surface area contributed by atoms with Gasteiger partial charge in [0.1, 0.15) is 11.4 Å². The molecule has 0 aliphatic carbocycles. The average molecular weight is 412 g/mol. The highest BCUT2D eigenvalue weighted by molar-refractivity contribution is 5.97. The maximum absolute atomic E-state index is 12.1. The van der Waals surface area contributed by atoms with Crippen molar-refractivity contribution in [2.24, 2.45) is 0 Å². The molecule has 1 amide bonds. The first-order valence-electron chi connectivity index (χ1n) is 8.04. The maximum atomic E-state index is 12.1. The third-order valence-corrected chi connectivity index (χ3v) is 3.74.